The summed E-state index contributed by atoms with van der Waals surface area (Å²) < 4.78 is 12.5. The molecule has 0 saturated heterocycles. The van der Waals surface area contributed by atoms with Crippen LogP contribution in [-0.4, -0.2) is 35.9 Å². The third-order valence-corrected chi connectivity index (χ3v) is 4.80. The van der Waals surface area contributed by atoms with Crippen molar-refractivity contribution in [2.24, 2.45) is 5.92 Å². The fourth-order valence-corrected chi connectivity index (χ4v) is 3.43. The van der Waals surface area contributed by atoms with E-state index >= 15 is 0 Å². The van der Waals surface area contributed by atoms with Crippen molar-refractivity contribution in [1.29, 1.82) is 0 Å². The van der Waals surface area contributed by atoms with Gasteiger partial charge in [-0.25, -0.2) is 4.68 Å². The molecule has 0 saturated carbocycles. The van der Waals surface area contributed by atoms with Gasteiger partial charge in [0, 0.05) is 12.5 Å². The van der Waals surface area contributed by atoms with E-state index in [9.17, 15) is 9.59 Å². The Kier molecular flexibility index (Phi) is 4.58. The van der Waals surface area contributed by atoms with Crippen molar-refractivity contribution in [1.82, 2.24) is 15.1 Å². The Morgan fingerprint density at radius 1 is 1.30 bits per heavy atom. The molecule has 4 rings (SSSR count). The first-order valence-electron chi connectivity index (χ1n) is 8.88. The predicted molar refractivity (Wildman–Crippen MR) is 101 cm³/mol. The quantitative estimate of drug-likeness (QED) is 0.719. The number of aromatic amines is 1. The monoisotopic (exact) mass is 367 g/mol. The Morgan fingerprint density at radius 2 is 2.15 bits per heavy atom. The summed E-state index contributed by atoms with van der Waals surface area (Å²) in [5.41, 5.74) is 1.61. The van der Waals surface area contributed by atoms with Gasteiger partial charge in [0.25, 0.3) is 5.56 Å². The van der Waals surface area contributed by atoms with Crippen LogP contribution in [0.1, 0.15) is 5.56 Å². The maximum atomic E-state index is 12.3. The van der Waals surface area contributed by atoms with E-state index < -0.39 is 0 Å². The van der Waals surface area contributed by atoms with Crippen LogP contribution >= 0.6 is 0 Å². The minimum atomic E-state index is -0.208. The summed E-state index contributed by atoms with van der Waals surface area (Å²) in [5.74, 6) is 1.48. The zero-order valence-corrected chi connectivity index (χ0v) is 15.0. The summed E-state index contributed by atoms with van der Waals surface area (Å²) in [4.78, 5) is 24.6. The number of rotatable bonds is 5. The minimum Gasteiger partial charge on any atom is -0.493 e. The van der Waals surface area contributed by atoms with Crippen molar-refractivity contribution in [2.75, 3.05) is 20.3 Å². The number of carbonyl (C=O) groups excluding carboxylic acids is 1. The predicted octanol–water partition coefficient (Wildman–Crippen LogP) is 1.71. The molecule has 1 atom stereocenters. The number of aromatic nitrogens is 2. The maximum absolute atomic E-state index is 12.3. The summed E-state index contributed by atoms with van der Waals surface area (Å²) in [6, 6.07) is 13.0. The third kappa shape index (κ3) is 3.40. The minimum absolute atomic E-state index is 0.0362. The highest BCUT2D eigenvalue weighted by Gasteiger charge is 2.23. The van der Waals surface area contributed by atoms with Crippen LogP contribution < -0.4 is 20.3 Å². The molecule has 1 aromatic heterocycles. The van der Waals surface area contributed by atoms with E-state index in [-0.39, 0.29) is 23.9 Å². The highest BCUT2D eigenvalue weighted by Crippen LogP contribution is 2.35. The highest BCUT2D eigenvalue weighted by molar-refractivity contribution is 5.79. The number of nitrogens with zero attached hydrogens (tertiary/aromatic N) is 1. The van der Waals surface area contributed by atoms with Gasteiger partial charge in [0.2, 0.25) is 5.91 Å². The van der Waals surface area contributed by atoms with E-state index in [2.05, 4.69) is 10.4 Å². The molecule has 2 heterocycles. The van der Waals surface area contributed by atoms with Crippen molar-refractivity contribution in [3.05, 3.63) is 58.4 Å². The van der Waals surface area contributed by atoms with Crippen LogP contribution in [0.25, 0.3) is 10.9 Å². The number of para-hydroxylation sites is 2. The molecular weight excluding hydrogens is 346 g/mol. The van der Waals surface area contributed by atoms with Crippen molar-refractivity contribution >= 4 is 16.8 Å². The van der Waals surface area contributed by atoms with E-state index in [4.69, 9.17) is 9.47 Å². The van der Waals surface area contributed by atoms with Gasteiger partial charge >= 0.3 is 0 Å². The molecule has 7 nitrogen and oxygen atoms in total. The van der Waals surface area contributed by atoms with Crippen LogP contribution in [0.2, 0.25) is 0 Å². The number of amides is 1. The summed E-state index contributed by atoms with van der Waals surface area (Å²) in [7, 11) is 1.62. The first-order chi connectivity index (χ1) is 13.2. The van der Waals surface area contributed by atoms with Crippen molar-refractivity contribution in [2.45, 2.75) is 13.0 Å². The van der Waals surface area contributed by atoms with Crippen LogP contribution in [0.4, 0.5) is 0 Å². The van der Waals surface area contributed by atoms with E-state index in [1.807, 2.05) is 30.3 Å². The molecule has 1 aliphatic rings. The Morgan fingerprint density at radius 3 is 2.96 bits per heavy atom. The molecule has 0 radical (unpaired) electrons. The molecule has 7 heteroatoms. The normalized spacial score (nSPS) is 15.8. The number of H-pyrrole nitrogens is 1. The lowest BCUT2D eigenvalue weighted by molar-refractivity contribution is -0.122. The van der Waals surface area contributed by atoms with E-state index in [0.29, 0.717) is 18.5 Å². The Hall–Kier alpha value is -3.22. The smallest absolute Gasteiger partial charge is 0.274 e. The Bertz CT molecular complexity index is 1040. The molecule has 3 aromatic rings. The van der Waals surface area contributed by atoms with Gasteiger partial charge in [-0.15, -0.1) is 0 Å². The van der Waals surface area contributed by atoms with Gasteiger partial charge in [-0.1, -0.05) is 24.3 Å². The lowest BCUT2D eigenvalue weighted by Gasteiger charge is -2.26. The average Bonchev–Trinajstić information content (AvgIpc) is 3.01. The number of hydrogen-bond donors (Lipinski definition) is 2. The van der Waals surface area contributed by atoms with Crippen molar-refractivity contribution in [3.8, 4) is 11.5 Å². The van der Waals surface area contributed by atoms with Crippen LogP contribution in [-0.2, 0) is 17.8 Å². The van der Waals surface area contributed by atoms with Gasteiger partial charge in [-0.2, -0.15) is 0 Å². The number of hydrogen-bond acceptors (Lipinski definition) is 4. The molecule has 1 unspecified atom stereocenters. The molecule has 1 amide bonds. The molecule has 0 spiro atoms. The molecule has 0 aliphatic carbocycles. The second-order valence-corrected chi connectivity index (χ2v) is 6.68. The third-order valence-electron chi connectivity index (χ3n) is 4.80. The zero-order valence-electron chi connectivity index (χ0n) is 15.0. The SMILES string of the molecule is COc1cccc2c1OCC(CNC(=O)Cn1[nH]c3ccccc3c1=O)C2. The van der Waals surface area contributed by atoms with Crippen LogP contribution in [0.3, 0.4) is 0 Å². The molecule has 2 N–H and O–H groups in total. The molecule has 0 bridgehead atoms. The van der Waals surface area contributed by atoms with E-state index in [1.165, 1.54) is 4.68 Å². The first-order valence-corrected chi connectivity index (χ1v) is 8.88. The summed E-state index contributed by atoms with van der Waals surface area (Å²) >= 11 is 0. The fraction of sp³-hybridized carbons (Fsp3) is 0.300. The van der Waals surface area contributed by atoms with Gasteiger partial charge in [0.15, 0.2) is 11.5 Å². The topological polar surface area (TPSA) is 85.3 Å². The number of methoxy groups -OCH3 is 1. The molecule has 2 aromatic carbocycles. The van der Waals surface area contributed by atoms with E-state index in [0.717, 1.165) is 29.0 Å². The number of ether oxygens (including phenoxy) is 2. The summed E-state index contributed by atoms with van der Waals surface area (Å²) in [6.07, 6.45) is 0.805. The lowest BCUT2D eigenvalue weighted by atomic mass is 9.96. The Balaban J connectivity index is 1.37. The first kappa shape index (κ1) is 17.2. The number of carbonyl (C=O) groups is 1. The maximum Gasteiger partial charge on any atom is 0.274 e. The lowest BCUT2D eigenvalue weighted by Crippen LogP contribution is -2.37. The number of nitrogens with one attached hydrogen (secondary N) is 2. The number of fused-ring (bicyclic) bond motifs is 2. The van der Waals surface area contributed by atoms with Gasteiger partial charge in [-0.05, 0) is 30.2 Å². The van der Waals surface area contributed by atoms with Gasteiger partial charge in [0.1, 0.15) is 6.54 Å². The zero-order chi connectivity index (χ0) is 18.8. The molecule has 1 aliphatic heterocycles. The fourth-order valence-electron chi connectivity index (χ4n) is 3.43. The molecule has 140 valence electrons. The average molecular weight is 367 g/mol. The second kappa shape index (κ2) is 7.19. The standard InChI is InChI=1S/C20H21N3O4/c1-26-17-8-4-5-14-9-13(12-27-19(14)17)10-21-18(24)11-23-20(25)15-6-2-3-7-16(15)22-23/h2-8,13,22H,9-12H2,1H3,(H,21,24). The van der Waals surface area contributed by atoms with Crippen LogP contribution in [0.15, 0.2) is 47.3 Å². The van der Waals surface area contributed by atoms with E-state index in [1.54, 1.807) is 19.2 Å². The van der Waals surface area contributed by atoms with Crippen molar-refractivity contribution in [3.63, 3.8) is 0 Å². The highest BCUT2D eigenvalue weighted by atomic mass is 16.5. The van der Waals surface area contributed by atoms with Crippen LogP contribution in [0, 0.1) is 5.92 Å². The molecule has 0 fully saturated rings. The largest absolute Gasteiger partial charge is 0.493 e. The van der Waals surface area contributed by atoms with Crippen molar-refractivity contribution < 1.29 is 14.3 Å². The Labute approximate surface area is 155 Å². The summed E-state index contributed by atoms with van der Waals surface area (Å²) in [5, 5.41) is 6.45. The van der Waals surface area contributed by atoms with Gasteiger partial charge in [0.05, 0.1) is 24.6 Å². The summed E-state index contributed by atoms with van der Waals surface area (Å²) in [6.45, 7) is 0.968. The van der Waals surface area contributed by atoms with Gasteiger partial charge in [-0.3, -0.25) is 14.7 Å². The number of benzene rings is 2. The second-order valence-electron chi connectivity index (χ2n) is 6.68. The molecule has 27 heavy (non-hydrogen) atoms. The van der Waals surface area contributed by atoms with Gasteiger partial charge < -0.3 is 14.8 Å². The van der Waals surface area contributed by atoms with Crippen LogP contribution in [0.5, 0.6) is 11.5 Å². The molecular formula is C20H21N3O4.